The molecule has 3 aromatic carbocycles. The second-order valence-corrected chi connectivity index (χ2v) is 8.52. The van der Waals surface area contributed by atoms with Crippen LogP contribution in [0.2, 0.25) is 0 Å². The van der Waals surface area contributed by atoms with Crippen molar-refractivity contribution in [2.45, 2.75) is 18.9 Å². The molecule has 0 saturated carbocycles. The van der Waals surface area contributed by atoms with Crippen LogP contribution in [-0.2, 0) is 9.53 Å². The number of aromatic nitrogens is 2. The summed E-state index contributed by atoms with van der Waals surface area (Å²) in [4.78, 5) is 38.2. The lowest BCUT2D eigenvalue weighted by atomic mass is 10.1. The predicted octanol–water partition coefficient (Wildman–Crippen LogP) is 3.73. The lowest BCUT2D eigenvalue weighted by Gasteiger charge is -2.12. The molecule has 3 N–H and O–H groups in total. The van der Waals surface area contributed by atoms with Gasteiger partial charge in [0, 0.05) is 29.6 Å². The Balaban J connectivity index is 1.30. The quantitative estimate of drug-likeness (QED) is 0.353. The standard InChI is InChI=1S/C28H25N5O4/c34-26(20-11-7-12-21(17-20)29-28(36)24-15-8-16-37-24)30-31-27(35)23-18-33(22-13-5-2-6-14-22)32-25(23)19-9-3-1-4-10-19/h1-7,9-14,17-18,24H,8,15-16H2,(H,29,36)(H,30,34)(H,31,35). The molecule has 186 valence electrons. The van der Waals surface area contributed by atoms with Crippen molar-refractivity contribution in [2.24, 2.45) is 0 Å². The van der Waals surface area contributed by atoms with Gasteiger partial charge in [-0.1, -0.05) is 54.6 Å². The lowest BCUT2D eigenvalue weighted by Crippen LogP contribution is -2.41. The zero-order chi connectivity index (χ0) is 25.6. The van der Waals surface area contributed by atoms with Gasteiger partial charge in [0.25, 0.3) is 17.7 Å². The maximum absolute atomic E-state index is 13.1. The molecule has 0 spiro atoms. The molecule has 2 heterocycles. The zero-order valence-corrected chi connectivity index (χ0v) is 19.9. The molecule has 9 heteroatoms. The van der Waals surface area contributed by atoms with Crippen LogP contribution in [0.25, 0.3) is 16.9 Å². The second-order valence-electron chi connectivity index (χ2n) is 8.52. The third kappa shape index (κ3) is 5.57. The van der Waals surface area contributed by atoms with E-state index in [1.165, 1.54) is 6.07 Å². The highest BCUT2D eigenvalue weighted by Gasteiger charge is 2.24. The Morgan fingerprint density at radius 3 is 2.32 bits per heavy atom. The van der Waals surface area contributed by atoms with Crippen LogP contribution in [-0.4, -0.2) is 40.2 Å². The van der Waals surface area contributed by atoms with Crippen LogP contribution >= 0.6 is 0 Å². The minimum absolute atomic E-state index is 0.243. The van der Waals surface area contributed by atoms with Crippen molar-refractivity contribution < 1.29 is 19.1 Å². The fourth-order valence-corrected chi connectivity index (χ4v) is 4.06. The minimum atomic E-state index is -0.529. The van der Waals surface area contributed by atoms with Gasteiger partial charge in [-0.3, -0.25) is 25.2 Å². The molecule has 9 nitrogen and oxygen atoms in total. The fourth-order valence-electron chi connectivity index (χ4n) is 4.06. The topological polar surface area (TPSA) is 114 Å². The number of hydrogen-bond donors (Lipinski definition) is 3. The molecule has 1 aliphatic heterocycles. The number of hydrazine groups is 1. The number of carbonyl (C=O) groups excluding carboxylic acids is 3. The molecule has 1 aliphatic rings. The van der Waals surface area contributed by atoms with Gasteiger partial charge in [0.15, 0.2) is 0 Å². The van der Waals surface area contributed by atoms with E-state index in [9.17, 15) is 14.4 Å². The van der Waals surface area contributed by atoms with E-state index < -0.39 is 17.9 Å². The van der Waals surface area contributed by atoms with Crippen LogP contribution in [0.15, 0.2) is 91.1 Å². The molecule has 37 heavy (non-hydrogen) atoms. The van der Waals surface area contributed by atoms with Crippen molar-refractivity contribution in [2.75, 3.05) is 11.9 Å². The molecule has 1 unspecified atom stereocenters. The number of rotatable bonds is 6. The molecule has 1 saturated heterocycles. The first kappa shape index (κ1) is 24.0. The first-order chi connectivity index (χ1) is 18.1. The summed E-state index contributed by atoms with van der Waals surface area (Å²) >= 11 is 0. The number of nitrogens with one attached hydrogen (secondary N) is 3. The molecule has 1 aromatic heterocycles. The van der Waals surface area contributed by atoms with E-state index in [0.29, 0.717) is 30.0 Å². The van der Waals surface area contributed by atoms with Gasteiger partial charge in [-0.15, -0.1) is 0 Å². The molecular weight excluding hydrogens is 470 g/mol. The van der Waals surface area contributed by atoms with Crippen molar-refractivity contribution in [3.8, 4) is 16.9 Å². The largest absolute Gasteiger partial charge is 0.368 e. The van der Waals surface area contributed by atoms with E-state index in [-0.39, 0.29) is 11.5 Å². The number of ether oxygens (including phenoxy) is 1. The van der Waals surface area contributed by atoms with Crippen LogP contribution in [0.4, 0.5) is 5.69 Å². The first-order valence-corrected chi connectivity index (χ1v) is 11.9. The lowest BCUT2D eigenvalue weighted by molar-refractivity contribution is -0.124. The Bertz CT molecular complexity index is 1410. The highest BCUT2D eigenvalue weighted by Crippen LogP contribution is 2.23. The van der Waals surface area contributed by atoms with Gasteiger partial charge in [-0.05, 0) is 43.2 Å². The monoisotopic (exact) mass is 495 g/mol. The zero-order valence-electron chi connectivity index (χ0n) is 19.9. The average molecular weight is 496 g/mol. The third-order valence-corrected chi connectivity index (χ3v) is 5.93. The minimum Gasteiger partial charge on any atom is -0.368 e. The summed E-state index contributed by atoms with van der Waals surface area (Å²) in [6.45, 7) is 0.566. The van der Waals surface area contributed by atoms with Crippen molar-refractivity contribution in [1.82, 2.24) is 20.6 Å². The van der Waals surface area contributed by atoms with Gasteiger partial charge in [-0.25, -0.2) is 4.68 Å². The van der Waals surface area contributed by atoms with E-state index in [2.05, 4.69) is 21.3 Å². The summed E-state index contributed by atoms with van der Waals surface area (Å²) in [6.07, 6.45) is 2.66. The van der Waals surface area contributed by atoms with Crippen LogP contribution in [0.5, 0.6) is 0 Å². The second kappa shape index (κ2) is 10.9. The average Bonchev–Trinajstić information content (AvgIpc) is 3.64. The van der Waals surface area contributed by atoms with Crippen molar-refractivity contribution in [3.63, 3.8) is 0 Å². The van der Waals surface area contributed by atoms with Gasteiger partial charge in [0.1, 0.15) is 11.8 Å². The molecular formula is C28H25N5O4. The number of carbonyl (C=O) groups is 3. The number of nitrogens with zero attached hydrogens (tertiary/aromatic N) is 2. The number of amides is 3. The van der Waals surface area contributed by atoms with E-state index in [0.717, 1.165) is 17.7 Å². The molecule has 0 radical (unpaired) electrons. The smallest absolute Gasteiger partial charge is 0.273 e. The summed E-state index contributed by atoms with van der Waals surface area (Å²) in [6, 6.07) is 25.3. The van der Waals surface area contributed by atoms with Crippen LogP contribution in [0.3, 0.4) is 0 Å². The van der Waals surface area contributed by atoms with Crippen molar-refractivity contribution in [1.29, 1.82) is 0 Å². The van der Waals surface area contributed by atoms with Gasteiger partial charge >= 0.3 is 0 Å². The van der Waals surface area contributed by atoms with Crippen molar-refractivity contribution in [3.05, 3.63) is 102 Å². The highest BCUT2D eigenvalue weighted by molar-refractivity contribution is 6.03. The number of benzene rings is 3. The van der Waals surface area contributed by atoms with Gasteiger partial charge in [-0.2, -0.15) is 5.10 Å². The molecule has 0 bridgehead atoms. The van der Waals surface area contributed by atoms with Gasteiger partial charge < -0.3 is 10.1 Å². The normalized spacial score (nSPS) is 14.6. The Morgan fingerprint density at radius 1 is 0.865 bits per heavy atom. The summed E-state index contributed by atoms with van der Waals surface area (Å²) < 4.78 is 7.02. The van der Waals surface area contributed by atoms with Crippen LogP contribution in [0.1, 0.15) is 33.6 Å². The summed E-state index contributed by atoms with van der Waals surface area (Å²) in [5.41, 5.74) is 8.01. The molecule has 1 atom stereocenters. The Morgan fingerprint density at radius 2 is 1.59 bits per heavy atom. The Kier molecular flexibility index (Phi) is 7.05. The Labute approximate surface area is 213 Å². The molecule has 3 amide bonds. The van der Waals surface area contributed by atoms with Crippen molar-refractivity contribution >= 4 is 23.4 Å². The Hall–Kier alpha value is -4.76. The third-order valence-electron chi connectivity index (χ3n) is 5.93. The maximum atomic E-state index is 13.1. The maximum Gasteiger partial charge on any atom is 0.273 e. The molecule has 5 rings (SSSR count). The predicted molar refractivity (Wildman–Crippen MR) is 138 cm³/mol. The summed E-state index contributed by atoms with van der Waals surface area (Å²) in [5.74, 6) is -1.29. The van der Waals surface area contributed by atoms with Gasteiger partial charge in [0.05, 0.1) is 11.3 Å². The van der Waals surface area contributed by atoms with E-state index in [1.807, 2.05) is 60.7 Å². The molecule has 0 aliphatic carbocycles. The molecule has 1 fully saturated rings. The summed E-state index contributed by atoms with van der Waals surface area (Å²) in [7, 11) is 0. The number of hydrogen-bond acceptors (Lipinski definition) is 5. The first-order valence-electron chi connectivity index (χ1n) is 11.9. The summed E-state index contributed by atoms with van der Waals surface area (Å²) in [5, 5.41) is 7.39. The van der Waals surface area contributed by atoms with Crippen LogP contribution < -0.4 is 16.2 Å². The van der Waals surface area contributed by atoms with E-state index in [4.69, 9.17) is 4.74 Å². The number of anilines is 1. The number of para-hydroxylation sites is 1. The van der Waals surface area contributed by atoms with Gasteiger partial charge in [0.2, 0.25) is 0 Å². The highest BCUT2D eigenvalue weighted by atomic mass is 16.5. The van der Waals surface area contributed by atoms with E-state index in [1.54, 1.807) is 29.1 Å². The molecule has 4 aromatic rings. The fraction of sp³-hybridized carbons (Fsp3) is 0.143. The van der Waals surface area contributed by atoms with Crippen LogP contribution in [0, 0.1) is 0 Å². The van der Waals surface area contributed by atoms with E-state index >= 15 is 0 Å². The SMILES string of the molecule is O=C(NNC(=O)c1cn(-c2ccccc2)nc1-c1ccccc1)c1cccc(NC(=O)C2CCCO2)c1.